The van der Waals surface area contributed by atoms with Crippen LogP contribution in [0.4, 0.5) is 0 Å². The summed E-state index contributed by atoms with van der Waals surface area (Å²) in [5.74, 6) is 1.09. The molecular formula is C19H17NO3S. The van der Waals surface area contributed by atoms with Crippen LogP contribution in [0.2, 0.25) is 0 Å². The van der Waals surface area contributed by atoms with Crippen molar-refractivity contribution in [3.05, 3.63) is 75.9 Å². The molecule has 0 unspecified atom stereocenters. The number of fused-ring (bicyclic) bond motifs is 1. The molecule has 0 aliphatic carbocycles. The van der Waals surface area contributed by atoms with Gasteiger partial charge in [0.2, 0.25) is 0 Å². The van der Waals surface area contributed by atoms with E-state index in [1.807, 2.05) is 35.2 Å². The summed E-state index contributed by atoms with van der Waals surface area (Å²) in [6.45, 7) is 1.70. The molecule has 1 amide bonds. The molecule has 5 heteroatoms. The van der Waals surface area contributed by atoms with Gasteiger partial charge in [-0.05, 0) is 41.6 Å². The van der Waals surface area contributed by atoms with Crippen LogP contribution in [-0.4, -0.2) is 17.4 Å². The first kappa shape index (κ1) is 15.0. The van der Waals surface area contributed by atoms with Gasteiger partial charge in [0.25, 0.3) is 5.91 Å². The number of para-hydroxylation sites is 1. The molecule has 1 aliphatic rings. The van der Waals surface area contributed by atoms with E-state index in [1.54, 1.807) is 23.7 Å². The van der Waals surface area contributed by atoms with Gasteiger partial charge in [-0.2, -0.15) is 0 Å². The first-order valence-electron chi connectivity index (χ1n) is 7.90. The Morgan fingerprint density at radius 2 is 2.08 bits per heavy atom. The molecule has 1 aromatic carbocycles. The van der Waals surface area contributed by atoms with Gasteiger partial charge in [-0.1, -0.05) is 18.2 Å². The summed E-state index contributed by atoms with van der Waals surface area (Å²) in [5, 5.41) is 2.09. The third-order valence-electron chi connectivity index (χ3n) is 4.17. The molecule has 0 saturated heterocycles. The molecule has 0 bridgehead atoms. The number of carbonyl (C=O) groups excluding carboxylic acids is 1. The Balaban J connectivity index is 1.47. The maximum atomic E-state index is 12.8. The summed E-state index contributed by atoms with van der Waals surface area (Å²) < 4.78 is 11.2. The third kappa shape index (κ3) is 2.95. The molecule has 4 rings (SSSR count). The fourth-order valence-electron chi connectivity index (χ4n) is 2.88. The van der Waals surface area contributed by atoms with Crippen LogP contribution >= 0.6 is 11.3 Å². The molecule has 0 spiro atoms. The van der Waals surface area contributed by atoms with Crippen molar-refractivity contribution in [2.75, 3.05) is 6.54 Å². The summed E-state index contributed by atoms with van der Waals surface area (Å²) in [7, 11) is 0. The van der Waals surface area contributed by atoms with Crippen LogP contribution in [0.15, 0.2) is 58.5 Å². The van der Waals surface area contributed by atoms with E-state index in [0.717, 1.165) is 24.3 Å². The number of hydrogen-bond acceptors (Lipinski definition) is 4. The van der Waals surface area contributed by atoms with Crippen molar-refractivity contribution in [3.8, 4) is 5.75 Å². The summed E-state index contributed by atoms with van der Waals surface area (Å²) >= 11 is 1.76. The Hall–Kier alpha value is -2.53. The lowest BCUT2D eigenvalue weighted by atomic mass is 10.1. The number of benzene rings is 1. The van der Waals surface area contributed by atoms with Crippen molar-refractivity contribution in [2.24, 2.45) is 0 Å². The zero-order valence-electron chi connectivity index (χ0n) is 13.1. The largest absolute Gasteiger partial charge is 0.489 e. The summed E-state index contributed by atoms with van der Waals surface area (Å²) in [4.78, 5) is 16.0. The Labute approximate surface area is 144 Å². The number of carbonyl (C=O) groups is 1. The highest BCUT2D eigenvalue weighted by atomic mass is 32.1. The van der Waals surface area contributed by atoms with Gasteiger partial charge in [-0.25, -0.2) is 0 Å². The second-order valence-electron chi connectivity index (χ2n) is 5.72. The van der Waals surface area contributed by atoms with E-state index in [0.29, 0.717) is 18.9 Å². The topological polar surface area (TPSA) is 42.7 Å². The van der Waals surface area contributed by atoms with E-state index in [-0.39, 0.29) is 5.91 Å². The molecule has 122 valence electrons. The van der Waals surface area contributed by atoms with Crippen molar-refractivity contribution in [1.29, 1.82) is 0 Å². The van der Waals surface area contributed by atoms with Gasteiger partial charge in [-0.15, -0.1) is 11.3 Å². The van der Waals surface area contributed by atoms with Gasteiger partial charge in [0, 0.05) is 23.5 Å². The van der Waals surface area contributed by atoms with Crippen molar-refractivity contribution in [3.63, 3.8) is 0 Å². The Morgan fingerprint density at radius 1 is 1.21 bits per heavy atom. The number of furan rings is 1. The van der Waals surface area contributed by atoms with Crippen LogP contribution in [0.25, 0.3) is 0 Å². The summed E-state index contributed by atoms with van der Waals surface area (Å²) in [5.41, 5.74) is 2.02. The standard InChI is InChI=1S/C19H17NO3S/c21-19(20-9-6-17-14(12-20)8-11-24-17)18-15(7-10-22-18)13-23-16-4-2-1-3-5-16/h1-5,7-8,10-11H,6,9,12-13H2. The number of rotatable bonds is 4. The van der Waals surface area contributed by atoms with Crippen LogP contribution in [0.5, 0.6) is 5.75 Å². The average Bonchev–Trinajstić information content (AvgIpc) is 3.28. The van der Waals surface area contributed by atoms with Crippen molar-refractivity contribution in [2.45, 2.75) is 19.6 Å². The molecule has 0 saturated carbocycles. The zero-order chi connectivity index (χ0) is 16.4. The monoisotopic (exact) mass is 339 g/mol. The number of hydrogen-bond donors (Lipinski definition) is 0. The number of ether oxygens (including phenoxy) is 1. The van der Waals surface area contributed by atoms with E-state index in [2.05, 4.69) is 11.4 Å². The SMILES string of the molecule is O=C(c1occc1COc1ccccc1)N1CCc2sccc2C1. The Bertz CT molecular complexity index is 837. The fourth-order valence-corrected chi connectivity index (χ4v) is 3.77. The highest BCUT2D eigenvalue weighted by molar-refractivity contribution is 7.10. The van der Waals surface area contributed by atoms with Crippen LogP contribution < -0.4 is 4.74 Å². The molecular weight excluding hydrogens is 322 g/mol. The van der Waals surface area contributed by atoms with Crippen LogP contribution in [0.3, 0.4) is 0 Å². The minimum atomic E-state index is -0.0662. The van der Waals surface area contributed by atoms with Gasteiger partial charge in [0.15, 0.2) is 5.76 Å². The first-order chi connectivity index (χ1) is 11.8. The maximum Gasteiger partial charge on any atom is 0.290 e. The van der Waals surface area contributed by atoms with Gasteiger partial charge in [0.1, 0.15) is 12.4 Å². The molecule has 0 fully saturated rings. The summed E-state index contributed by atoms with van der Waals surface area (Å²) in [6.07, 6.45) is 2.46. The smallest absolute Gasteiger partial charge is 0.290 e. The first-order valence-corrected chi connectivity index (χ1v) is 8.78. The zero-order valence-corrected chi connectivity index (χ0v) is 13.9. The minimum Gasteiger partial charge on any atom is -0.489 e. The molecule has 3 heterocycles. The Kier molecular flexibility index (Phi) is 4.09. The van der Waals surface area contributed by atoms with Gasteiger partial charge < -0.3 is 14.1 Å². The number of thiophene rings is 1. The normalized spacial score (nSPS) is 13.6. The van der Waals surface area contributed by atoms with Crippen molar-refractivity contribution >= 4 is 17.2 Å². The minimum absolute atomic E-state index is 0.0662. The maximum absolute atomic E-state index is 12.8. The van der Waals surface area contributed by atoms with Crippen molar-refractivity contribution in [1.82, 2.24) is 4.90 Å². The molecule has 24 heavy (non-hydrogen) atoms. The van der Waals surface area contributed by atoms with Crippen LogP contribution in [0.1, 0.15) is 26.6 Å². The predicted octanol–water partition coefficient (Wildman–Crippen LogP) is 4.12. The quantitative estimate of drug-likeness (QED) is 0.718. The van der Waals surface area contributed by atoms with Crippen LogP contribution in [0, 0.1) is 0 Å². The third-order valence-corrected chi connectivity index (χ3v) is 5.20. The predicted molar refractivity (Wildman–Crippen MR) is 92.2 cm³/mol. The molecule has 0 atom stereocenters. The highest BCUT2D eigenvalue weighted by Gasteiger charge is 2.26. The van der Waals surface area contributed by atoms with E-state index in [1.165, 1.54) is 10.4 Å². The van der Waals surface area contributed by atoms with Gasteiger partial charge >= 0.3 is 0 Å². The average molecular weight is 339 g/mol. The lowest BCUT2D eigenvalue weighted by Crippen LogP contribution is -2.35. The molecule has 4 nitrogen and oxygen atoms in total. The number of amides is 1. The van der Waals surface area contributed by atoms with E-state index in [4.69, 9.17) is 9.15 Å². The Morgan fingerprint density at radius 3 is 2.96 bits per heavy atom. The molecule has 1 aliphatic heterocycles. The second-order valence-corrected chi connectivity index (χ2v) is 6.72. The molecule has 3 aromatic rings. The lowest BCUT2D eigenvalue weighted by molar-refractivity contribution is 0.0700. The van der Waals surface area contributed by atoms with Crippen LogP contribution in [-0.2, 0) is 19.6 Å². The summed E-state index contributed by atoms with van der Waals surface area (Å²) in [6, 6.07) is 13.5. The lowest BCUT2D eigenvalue weighted by Gasteiger charge is -2.26. The van der Waals surface area contributed by atoms with Gasteiger partial charge in [0.05, 0.1) is 6.26 Å². The second kappa shape index (κ2) is 6.53. The highest BCUT2D eigenvalue weighted by Crippen LogP contribution is 2.26. The van der Waals surface area contributed by atoms with Gasteiger partial charge in [-0.3, -0.25) is 4.79 Å². The van der Waals surface area contributed by atoms with E-state index in [9.17, 15) is 4.79 Å². The number of nitrogens with zero attached hydrogens (tertiary/aromatic N) is 1. The van der Waals surface area contributed by atoms with E-state index >= 15 is 0 Å². The molecule has 2 aromatic heterocycles. The molecule has 0 N–H and O–H groups in total. The van der Waals surface area contributed by atoms with E-state index < -0.39 is 0 Å². The molecule has 0 radical (unpaired) electrons. The van der Waals surface area contributed by atoms with Crippen molar-refractivity contribution < 1.29 is 13.9 Å². The fraction of sp³-hybridized carbons (Fsp3) is 0.211.